The number of rotatable bonds is 7. The Labute approximate surface area is 155 Å². The highest BCUT2D eigenvalue weighted by Crippen LogP contribution is 2.42. The van der Waals surface area contributed by atoms with Gasteiger partial charge in [-0.2, -0.15) is 0 Å². The van der Waals surface area contributed by atoms with Crippen LogP contribution in [0.5, 0.6) is 0 Å². The minimum atomic E-state index is -0.240. The highest BCUT2D eigenvalue weighted by atomic mass is 35.5. The number of carbonyl (C=O) groups excluding carboxylic acids is 2. The zero-order chi connectivity index (χ0) is 16.8. The van der Waals surface area contributed by atoms with Crippen molar-refractivity contribution in [2.75, 3.05) is 30.4 Å². The largest absolute Gasteiger partial charge is 0.477 e. The summed E-state index contributed by atoms with van der Waals surface area (Å²) in [7, 11) is 0. The second-order valence-corrected chi connectivity index (χ2v) is 7.08. The number of thiophene rings is 1. The standard InChI is InChI=1S/C15H20N2O4S2.ClH/c1-3-20-13(19)6-5-7-17-10-8-11(14(16)21-4-2)23-15(10)22-9-12(17)18;/h8,16H,3-7,9H2,1-2H3;1H. The molecule has 1 N–H and O–H groups in total. The Morgan fingerprint density at radius 1 is 1.33 bits per heavy atom. The molecule has 1 amide bonds. The number of amides is 1. The minimum Gasteiger partial charge on any atom is -0.477 e. The maximum atomic E-state index is 12.2. The van der Waals surface area contributed by atoms with Crippen LogP contribution in [0.15, 0.2) is 10.3 Å². The van der Waals surface area contributed by atoms with E-state index in [0.29, 0.717) is 38.4 Å². The Balaban J connectivity index is 0.00000288. The normalized spacial score (nSPS) is 13.1. The maximum Gasteiger partial charge on any atom is 0.305 e. The van der Waals surface area contributed by atoms with Gasteiger partial charge in [-0.05, 0) is 26.3 Å². The number of carbonyl (C=O) groups is 2. The quantitative estimate of drug-likeness (QED) is 0.437. The number of esters is 1. The average molecular weight is 393 g/mol. The number of halogens is 1. The van der Waals surface area contributed by atoms with Gasteiger partial charge in [-0.15, -0.1) is 35.5 Å². The number of hydrogen-bond donors (Lipinski definition) is 1. The number of anilines is 1. The maximum absolute atomic E-state index is 12.2. The predicted octanol–water partition coefficient (Wildman–Crippen LogP) is 3.31. The van der Waals surface area contributed by atoms with Crippen LogP contribution in [-0.4, -0.2) is 43.3 Å². The summed E-state index contributed by atoms with van der Waals surface area (Å²) in [6.07, 6.45) is 0.856. The second kappa shape index (κ2) is 9.90. The lowest BCUT2D eigenvalue weighted by molar-refractivity contribution is -0.143. The summed E-state index contributed by atoms with van der Waals surface area (Å²) < 4.78 is 11.1. The molecule has 0 radical (unpaired) electrons. The van der Waals surface area contributed by atoms with Crippen LogP contribution < -0.4 is 4.90 Å². The first-order chi connectivity index (χ1) is 11.1. The smallest absolute Gasteiger partial charge is 0.305 e. The molecule has 0 atom stereocenters. The molecule has 0 fully saturated rings. The minimum absolute atomic E-state index is 0. The molecule has 1 aliphatic heterocycles. The Kier molecular flexibility index (Phi) is 8.58. The summed E-state index contributed by atoms with van der Waals surface area (Å²) in [6.45, 7) is 4.90. The zero-order valence-electron chi connectivity index (χ0n) is 13.6. The van der Waals surface area contributed by atoms with Crippen molar-refractivity contribution in [1.29, 1.82) is 5.41 Å². The van der Waals surface area contributed by atoms with Crippen LogP contribution >= 0.6 is 35.5 Å². The molecule has 1 aromatic rings. The van der Waals surface area contributed by atoms with E-state index >= 15 is 0 Å². The summed E-state index contributed by atoms with van der Waals surface area (Å²) in [6, 6.07) is 1.83. The lowest BCUT2D eigenvalue weighted by Crippen LogP contribution is -2.35. The van der Waals surface area contributed by atoms with Gasteiger partial charge in [0.15, 0.2) is 0 Å². The van der Waals surface area contributed by atoms with E-state index in [1.807, 2.05) is 13.0 Å². The van der Waals surface area contributed by atoms with Crippen molar-refractivity contribution < 1.29 is 19.1 Å². The van der Waals surface area contributed by atoms with Gasteiger partial charge in [-0.1, -0.05) is 0 Å². The summed E-state index contributed by atoms with van der Waals surface area (Å²) in [5.41, 5.74) is 0.819. The molecule has 1 aliphatic rings. The number of nitrogens with one attached hydrogen (secondary N) is 1. The molecule has 9 heteroatoms. The predicted molar refractivity (Wildman–Crippen MR) is 99.0 cm³/mol. The van der Waals surface area contributed by atoms with Gasteiger partial charge >= 0.3 is 5.97 Å². The molecule has 0 saturated carbocycles. The number of fused-ring (bicyclic) bond motifs is 1. The van der Waals surface area contributed by atoms with E-state index in [9.17, 15) is 9.59 Å². The monoisotopic (exact) mass is 392 g/mol. The van der Waals surface area contributed by atoms with Gasteiger partial charge in [-0.25, -0.2) is 0 Å². The van der Waals surface area contributed by atoms with E-state index in [2.05, 4.69) is 0 Å². The lowest BCUT2D eigenvalue weighted by atomic mass is 10.2. The van der Waals surface area contributed by atoms with Crippen LogP contribution in [0.4, 0.5) is 5.69 Å². The van der Waals surface area contributed by atoms with E-state index in [1.54, 1.807) is 11.8 Å². The lowest BCUT2D eigenvalue weighted by Gasteiger charge is -2.26. The highest BCUT2D eigenvalue weighted by Gasteiger charge is 2.28. The molecule has 2 heterocycles. The fourth-order valence-electron chi connectivity index (χ4n) is 2.18. The third kappa shape index (κ3) is 5.12. The second-order valence-electron chi connectivity index (χ2n) is 4.79. The molecule has 0 bridgehead atoms. The van der Waals surface area contributed by atoms with E-state index in [4.69, 9.17) is 14.9 Å². The number of ether oxygens (including phenoxy) is 2. The van der Waals surface area contributed by atoms with Crippen LogP contribution in [0.25, 0.3) is 0 Å². The van der Waals surface area contributed by atoms with Crippen molar-refractivity contribution in [1.82, 2.24) is 0 Å². The molecule has 0 aliphatic carbocycles. The summed E-state index contributed by atoms with van der Waals surface area (Å²) in [5.74, 6) is 0.301. The van der Waals surface area contributed by atoms with Crippen LogP contribution in [0.3, 0.4) is 0 Å². The van der Waals surface area contributed by atoms with Crippen LogP contribution in [-0.2, 0) is 19.1 Å². The van der Waals surface area contributed by atoms with Gasteiger partial charge in [0.2, 0.25) is 11.8 Å². The van der Waals surface area contributed by atoms with Gasteiger partial charge in [0.1, 0.15) is 0 Å². The first kappa shape index (κ1) is 20.8. The molecule has 6 nitrogen and oxygen atoms in total. The zero-order valence-corrected chi connectivity index (χ0v) is 16.1. The van der Waals surface area contributed by atoms with Crippen molar-refractivity contribution in [3.8, 4) is 0 Å². The third-order valence-corrected chi connectivity index (χ3v) is 5.56. The number of nitrogens with zero attached hydrogens (tertiary/aromatic N) is 1. The molecule has 134 valence electrons. The van der Waals surface area contributed by atoms with Crippen molar-refractivity contribution >= 4 is 59.0 Å². The average Bonchev–Trinajstić information content (AvgIpc) is 2.94. The molecular weight excluding hydrogens is 372 g/mol. The van der Waals surface area contributed by atoms with Crippen LogP contribution in [0.2, 0.25) is 0 Å². The molecule has 0 spiro atoms. The first-order valence-corrected chi connectivity index (χ1v) is 9.31. The van der Waals surface area contributed by atoms with E-state index in [-0.39, 0.29) is 30.2 Å². The first-order valence-electron chi connectivity index (χ1n) is 7.51. The summed E-state index contributed by atoms with van der Waals surface area (Å²) in [4.78, 5) is 26.0. The number of hydrogen-bond acceptors (Lipinski definition) is 7. The van der Waals surface area contributed by atoms with Crippen LogP contribution in [0, 0.1) is 5.41 Å². The van der Waals surface area contributed by atoms with Gasteiger partial charge in [0.25, 0.3) is 0 Å². The Morgan fingerprint density at radius 2 is 2.04 bits per heavy atom. The Bertz CT molecular complexity index is 606. The Hall–Kier alpha value is -1.25. The molecular formula is C15H21ClN2O4S2. The fourth-order valence-corrected chi connectivity index (χ4v) is 4.39. The highest BCUT2D eigenvalue weighted by molar-refractivity contribution is 8.02. The van der Waals surface area contributed by atoms with E-state index in [0.717, 1.165) is 14.8 Å². The van der Waals surface area contributed by atoms with Gasteiger partial charge in [0.05, 0.1) is 33.7 Å². The summed E-state index contributed by atoms with van der Waals surface area (Å²) in [5, 5.41) is 7.88. The third-order valence-electron chi connectivity index (χ3n) is 3.18. The molecule has 0 saturated heterocycles. The Morgan fingerprint density at radius 3 is 2.71 bits per heavy atom. The van der Waals surface area contributed by atoms with Crippen molar-refractivity contribution in [2.24, 2.45) is 0 Å². The SMILES string of the molecule is CCOC(=N)c1cc2c(s1)SCC(=O)N2CCCC(=O)OCC.Cl. The molecule has 24 heavy (non-hydrogen) atoms. The topological polar surface area (TPSA) is 79.7 Å². The van der Waals surface area contributed by atoms with Gasteiger partial charge in [0, 0.05) is 13.0 Å². The number of thioether (sulfide) groups is 1. The van der Waals surface area contributed by atoms with Crippen LogP contribution in [0.1, 0.15) is 31.6 Å². The molecule has 0 aromatic carbocycles. The fraction of sp³-hybridized carbons (Fsp3) is 0.533. The van der Waals surface area contributed by atoms with Crippen molar-refractivity contribution in [3.05, 3.63) is 10.9 Å². The molecule has 2 rings (SSSR count). The van der Waals surface area contributed by atoms with Crippen molar-refractivity contribution in [3.63, 3.8) is 0 Å². The van der Waals surface area contributed by atoms with Crippen molar-refractivity contribution in [2.45, 2.75) is 30.9 Å². The molecule has 1 aromatic heterocycles. The van der Waals surface area contributed by atoms with E-state index in [1.165, 1.54) is 23.1 Å². The van der Waals surface area contributed by atoms with E-state index < -0.39 is 0 Å². The molecule has 0 unspecified atom stereocenters. The summed E-state index contributed by atoms with van der Waals surface area (Å²) >= 11 is 2.95. The van der Waals surface area contributed by atoms with Gasteiger partial charge < -0.3 is 14.4 Å². The van der Waals surface area contributed by atoms with Gasteiger partial charge in [-0.3, -0.25) is 15.0 Å².